The van der Waals surface area contributed by atoms with Gasteiger partial charge in [-0.3, -0.25) is 0 Å². The molecule has 2 rings (SSSR count). The van der Waals surface area contributed by atoms with Crippen LogP contribution >= 0.6 is 0 Å². The Morgan fingerprint density at radius 2 is 1.65 bits per heavy atom. The molecule has 0 atom stereocenters. The van der Waals surface area contributed by atoms with Crippen molar-refractivity contribution >= 4 is 5.97 Å². The number of rotatable bonds is 2. The third-order valence-electron chi connectivity index (χ3n) is 2.82. The Labute approximate surface area is 101 Å². The van der Waals surface area contributed by atoms with Crippen molar-refractivity contribution in [3.8, 4) is 11.1 Å². The van der Waals surface area contributed by atoms with Crippen LogP contribution in [-0.4, -0.2) is 11.1 Å². The van der Waals surface area contributed by atoms with E-state index in [2.05, 4.69) is 32.0 Å². The molecule has 0 aliphatic rings. The van der Waals surface area contributed by atoms with Gasteiger partial charge in [0.2, 0.25) is 0 Å². The van der Waals surface area contributed by atoms with Gasteiger partial charge in [-0.1, -0.05) is 35.9 Å². The van der Waals surface area contributed by atoms with Gasteiger partial charge >= 0.3 is 5.97 Å². The van der Waals surface area contributed by atoms with Gasteiger partial charge < -0.3 is 5.11 Å². The molecule has 2 nitrogen and oxygen atoms in total. The Hall–Kier alpha value is -2.09. The van der Waals surface area contributed by atoms with Gasteiger partial charge in [-0.2, -0.15) is 0 Å². The zero-order chi connectivity index (χ0) is 12.4. The highest BCUT2D eigenvalue weighted by atomic mass is 16.4. The van der Waals surface area contributed by atoms with E-state index in [1.165, 1.54) is 11.1 Å². The van der Waals surface area contributed by atoms with Crippen LogP contribution in [0, 0.1) is 13.8 Å². The Morgan fingerprint density at radius 3 is 2.18 bits per heavy atom. The SMILES string of the molecule is Cc1ccc(-c2ccc(C(=O)O)cc2)c(C)c1. The Kier molecular flexibility index (Phi) is 2.96. The quantitative estimate of drug-likeness (QED) is 0.848. The lowest BCUT2D eigenvalue weighted by atomic mass is 9.98. The number of carboxylic acids is 1. The first-order valence-corrected chi connectivity index (χ1v) is 5.49. The molecule has 0 aromatic heterocycles. The predicted molar refractivity (Wildman–Crippen MR) is 68.3 cm³/mol. The van der Waals surface area contributed by atoms with Gasteiger partial charge in [0.25, 0.3) is 0 Å². The fourth-order valence-electron chi connectivity index (χ4n) is 1.93. The van der Waals surface area contributed by atoms with Crippen molar-refractivity contribution in [2.24, 2.45) is 0 Å². The molecule has 17 heavy (non-hydrogen) atoms. The van der Waals surface area contributed by atoms with Gasteiger partial charge in [0.15, 0.2) is 0 Å². The fraction of sp³-hybridized carbons (Fsp3) is 0.133. The van der Waals surface area contributed by atoms with Crippen LogP contribution < -0.4 is 0 Å². The molecule has 2 aromatic rings. The summed E-state index contributed by atoms with van der Waals surface area (Å²) in [6.45, 7) is 4.12. The first-order chi connectivity index (χ1) is 8.08. The molecule has 0 amide bonds. The number of hydrogen-bond donors (Lipinski definition) is 1. The van der Waals surface area contributed by atoms with Gasteiger partial charge in [0.1, 0.15) is 0 Å². The lowest BCUT2D eigenvalue weighted by Crippen LogP contribution is -1.95. The number of hydrogen-bond acceptors (Lipinski definition) is 1. The molecule has 0 spiro atoms. The van der Waals surface area contributed by atoms with Crippen LogP contribution in [0.2, 0.25) is 0 Å². The summed E-state index contributed by atoms with van der Waals surface area (Å²) in [7, 11) is 0. The third kappa shape index (κ3) is 2.36. The van der Waals surface area contributed by atoms with Gasteiger partial charge in [0, 0.05) is 0 Å². The lowest BCUT2D eigenvalue weighted by molar-refractivity contribution is 0.0697. The van der Waals surface area contributed by atoms with Crippen molar-refractivity contribution < 1.29 is 9.90 Å². The van der Waals surface area contributed by atoms with Gasteiger partial charge in [-0.25, -0.2) is 4.79 Å². The minimum Gasteiger partial charge on any atom is -0.478 e. The molecule has 0 aliphatic heterocycles. The highest BCUT2D eigenvalue weighted by Gasteiger charge is 2.05. The lowest BCUT2D eigenvalue weighted by Gasteiger charge is -2.07. The summed E-state index contributed by atoms with van der Waals surface area (Å²) in [6.07, 6.45) is 0. The number of aromatic carboxylic acids is 1. The molecule has 2 heteroatoms. The van der Waals surface area contributed by atoms with Crippen molar-refractivity contribution in [2.75, 3.05) is 0 Å². The Morgan fingerprint density at radius 1 is 1.00 bits per heavy atom. The fourth-order valence-corrected chi connectivity index (χ4v) is 1.93. The molecule has 0 fully saturated rings. The second-order valence-electron chi connectivity index (χ2n) is 4.20. The average Bonchev–Trinajstić information content (AvgIpc) is 2.29. The van der Waals surface area contributed by atoms with Crippen molar-refractivity contribution in [2.45, 2.75) is 13.8 Å². The van der Waals surface area contributed by atoms with Gasteiger partial charge in [-0.15, -0.1) is 0 Å². The molecule has 0 saturated carbocycles. The molecule has 2 aromatic carbocycles. The van der Waals surface area contributed by atoms with E-state index < -0.39 is 5.97 Å². The molecular weight excluding hydrogens is 212 g/mol. The number of benzene rings is 2. The zero-order valence-corrected chi connectivity index (χ0v) is 9.90. The van der Waals surface area contributed by atoms with Crippen LogP contribution in [0.4, 0.5) is 0 Å². The molecule has 0 unspecified atom stereocenters. The standard InChI is InChI=1S/C15H14O2/c1-10-3-8-14(11(2)9-10)12-4-6-13(7-5-12)15(16)17/h3-9H,1-2H3,(H,16,17). The minimum absolute atomic E-state index is 0.318. The van der Waals surface area contributed by atoms with Crippen LogP contribution in [0.1, 0.15) is 21.5 Å². The normalized spacial score (nSPS) is 10.2. The smallest absolute Gasteiger partial charge is 0.335 e. The summed E-state index contributed by atoms with van der Waals surface area (Å²) >= 11 is 0. The molecule has 86 valence electrons. The number of carboxylic acid groups (broad SMARTS) is 1. The molecule has 1 N–H and O–H groups in total. The van der Waals surface area contributed by atoms with E-state index in [1.807, 2.05) is 12.1 Å². The van der Waals surface area contributed by atoms with Crippen LogP contribution in [-0.2, 0) is 0 Å². The van der Waals surface area contributed by atoms with Crippen molar-refractivity contribution in [1.29, 1.82) is 0 Å². The summed E-state index contributed by atoms with van der Waals surface area (Å²) in [6, 6.07) is 13.2. The van der Waals surface area contributed by atoms with Crippen LogP contribution in [0.5, 0.6) is 0 Å². The van der Waals surface area contributed by atoms with Crippen molar-refractivity contribution in [3.05, 3.63) is 59.2 Å². The highest BCUT2D eigenvalue weighted by Crippen LogP contribution is 2.24. The van der Waals surface area contributed by atoms with E-state index in [0.29, 0.717) is 5.56 Å². The second kappa shape index (κ2) is 4.42. The first kappa shape index (κ1) is 11.4. The largest absolute Gasteiger partial charge is 0.478 e. The summed E-state index contributed by atoms with van der Waals surface area (Å²) in [5.74, 6) is -0.892. The molecule has 0 bridgehead atoms. The monoisotopic (exact) mass is 226 g/mol. The summed E-state index contributed by atoms with van der Waals surface area (Å²) in [4.78, 5) is 10.8. The van der Waals surface area contributed by atoms with E-state index in [9.17, 15) is 4.79 Å². The van der Waals surface area contributed by atoms with E-state index >= 15 is 0 Å². The average molecular weight is 226 g/mol. The van der Waals surface area contributed by atoms with Crippen LogP contribution in [0.3, 0.4) is 0 Å². The van der Waals surface area contributed by atoms with E-state index in [0.717, 1.165) is 11.1 Å². The van der Waals surface area contributed by atoms with E-state index in [-0.39, 0.29) is 0 Å². The Balaban J connectivity index is 2.43. The van der Waals surface area contributed by atoms with E-state index in [1.54, 1.807) is 12.1 Å². The molecule has 0 aliphatic carbocycles. The molecule has 0 radical (unpaired) electrons. The van der Waals surface area contributed by atoms with Crippen LogP contribution in [0.25, 0.3) is 11.1 Å². The summed E-state index contributed by atoms with van der Waals surface area (Å²) in [5.41, 5.74) is 4.94. The summed E-state index contributed by atoms with van der Waals surface area (Å²) < 4.78 is 0. The number of carbonyl (C=O) groups is 1. The Bertz CT molecular complexity index is 554. The molecule has 0 heterocycles. The first-order valence-electron chi connectivity index (χ1n) is 5.49. The van der Waals surface area contributed by atoms with E-state index in [4.69, 9.17) is 5.11 Å². The molecule has 0 saturated heterocycles. The predicted octanol–water partition coefficient (Wildman–Crippen LogP) is 3.67. The zero-order valence-electron chi connectivity index (χ0n) is 9.90. The van der Waals surface area contributed by atoms with Crippen molar-refractivity contribution in [1.82, 2.24) is 0 Å². The maximum atomic E-state index is 10.8. The van der Waals surface area contributed by atoms with Gasteiger partial charge in [-0.05, 0) is 42.7 Å². The topological polar surface area (TPSA) is 37.3 Å². The highest BCUT2D eigenvalue weighted by molar-refractivity contribution is 5.88. The third-order valence-corrected chi connectivity index (χ3v) is 2.82. The second-order valence-corrected chi connectivity index (χ2v) is 4.20. The van der Waals surface area contributed by atoms with Crippen LogP contribution in [0.15, 0.2) is 42.5 Å². The minimum atomic E-state index is -0.892. The molecular formula is C15H14O2. The maximum absolute atomic E-state index is 10.8. The van der Waals surface area contributed by atoms with Crippen molar-refractivity contribution in [3.63, 3.8) is 0 Å². The van der Waals surface area contributed by atoms with Gasteiger partial charge in [0.05, 0.1) is 5.56 Å². The number of aryl methyl sites for hydroxylation is 2. The summed E-state index contributed by atoms with van der Waals surface area (Å²) in [5, 5.41) is 8.84. The maximum Gasteiger partial charge on any atom is 0.335 e.